The molecule has 1 atom stereocenters. The maximum Gasteiger partial charge on any atom is 0.243 e. The first kappa shape index (κ1) is 31.6. The molecular formula is C33H40ClN3O4S. The number of sulfonamides is 1. The first-order valence-electron chi connectivity index (χ1n) is 14.5. The van der Waals surface area contributed by atoms with Gasteiger partial charge in [-0.05, 0) is 61.1 Å². The van der Waals surface area contributed by atoms with E-state index < -0.39 is 16.1 Å². The van der Waals surface area contributed by atoms with E-state index in [-0.39, 0.29) is 37.4 Å². The highest BCUT2D eigenvalue weighted by molar-refractivity contribution is 7.92. The number of nitrogens with one attached hydrogen (secondary N) is 1. The molecule has 1 saturated carbocycles. The molecule has 0 unspecified atom stereocenters. The number of hydrogen-bond donors (Lipinski definition) is 1. The first-order valence-corrected chi connectivity index (χ1v) is 16.8. The predicted octanol–water partition coefficient (Wildman–Crippen LogP) is 5.89. The van der Waals surface area contributed by atoms with Gasteiger partial charge in [-0.1, -0.05) is 85.1 Å². The van der Waals surface area contributed by atoms with Gasteiger partial charge >= 0.3 is 0 Å². The number of rotatable bonds is 13. The van der Waals surface area contributed by atoms with Gasteiger partial charge in [-0.15, -0.1) is 0 Å². The molecule has 1 N–H and O–H groups in total. The summed E-state index contributed by atoms with van der Waals surface area (Å²) in [6, 6.07) is 23.7. The monoisotopic (exact) mass is 609 g/mol. The number of aryl methyl sites for hydroxylation is 1. The maximum atomic E-state index is 14.0. The van der Waals surface area contributed by atoms with Crippen molar-refractivity contribution >= 4 is 39.1 Å². The molecular weight excluding hydrogens is 570 g/mol. The Morgan fingerprint density at radius 2 is 1.67 bits per heavy atom. The smallest absolute Gasteiger partial charge is 0.243 e. The van der Waals surface area contributed by atoms with E-state index in [4.69, 9.17) is 11.6 Å². The molecule has 0 aromatic heterocycles. The quantitative estimate of drug-likeness (QED) is 0.262. The molecule has 3 aromatic carbocycles. The zero-order valence-electron chi connectivity index (χ0n) is 24.3. The van der Waals surface area contributed by atoms with Gasteiger partial charge in [0.15, 0.2) is 0 Å². The predicted molar refractivity (Wildman–Crippen MR) is 169 cm³/mol. The van der Waals surface area contributed by atoms with Gasteiger partial charge in [-0.2, -0.15) is 0 Å². The van der Waals surface area contributed by atoms with Crippen LogP contribution in [0.4, 0.5) is 5.69 Å². The third-order valence-electron chi connectivity index (χ3n) is 7.71. The summed E-state index contributed by atoms with van der Waals surface area (Å²) in [6.45, 7) is 2.22. The lowest BCUT2D eigenvalue weighted by molar-refractivity contribution is -0.141. The molecule has 0 heterocycles. The van der Waals surface area contributed by atoms with Gasteiger partial charge in [-0.3, -0.25) is 13.9 Å². The van der Waals surface area contributed by atoms with E-state index in [9.17, 15) is 18.0 Å². The molecule has 2 amide bonds. The van der Waals surface area contributed by atoms with Crippen molar-refractivity contribution in [2.75, 3.05) is 17.1 Å². The molecule has 7 nitrogen and oxygen atoms in total. The Morgan fingerprint density at radius 1 is 0.976 bits per heavy atom. The van der Waals surface area contributed by atoms with E-state index in [1.807, 2.05) is 73.7 Å². The van der Waals surface area contributed by atoms with E-state index >= 15 is 0 Å². The fraction of sp³-hybridized carbons (Fsp3) is 0.394. The van der Waals surface area contributed by atoms with Gasteiger partial charge < -0.3 is 10.2 Å². The van der Waals surface area contributed by atoms with Crippen LogP contribution in [0, 0.1) is 6.92 Å². The van der Waals surface area contributed by atoms with Gasteiger partial charge in [0.05, 0.1) is 11.9 Å². The fourth-order valence-corrected chi connectivity index (χ4v) is 6.67. The Hall–Kier alpha value is -3.36. The molecule has 4 rings (SSSR count). The highest BCUT2D eigenvalue weighted by Gasteiger charge is 2.32. The van der Waals surface area contributed by atoms with Crippen molar-refractivity contribution in [2.45, 2.75) is 70.5 Å². The summed E-state index contributed by atoms with van der Waals surface area (Å²) in [7, 11) is -3.56. The van der Waals surface area contributed by atoms with Crippen LogP contribution in [0.1, 0.15) is 55.2 Å². The minimum Gasteiger partial charge on any atom is -0.352 e. The molecule has 1 fully saturated rings. The van der Waals surface area contributed by atoms with Crippen LogP contribution in [-0.2, 0) is 32.6 Å². The van der Waals surface area contributed by atoms with E-state index in [0.29, 0.717) is 23.6 Å². The molecule has 3 aromatic rings. The number of halogens is 1. The summed E-state index contributed by atoms with van der Waals surface area (Å²) >= 11 is 6.52. The number of nitrogens with zero attached hydrogens (tertiary/aromatic N) is 2. The average Bonchev–Trinajstić information content (AvgIpc) is 3.46. The van der Waals surface area contributed by atoms with Crippen molar-refractivity contribution in [1.29, 1.82) is 0 Å². The van der Waals surface area contributed by atoms with Crippen LogP contribution in [0.5, 0.6) is 0 Å². The van der Waals surface area contributed by atoms with Gasteiger partial charge in [0.1, 0.15) is 6.04 Å². The Bertz CT molecular complexity index is 1460. The minimum atomic E-state index is -3.56. The van der Waals surface area contributed by atoms with Crippen molar-refractivity contribution in [2.24, 2.45) is 0 Å². The van der Waals surface area contributed by atoms with Crippen molar-refractivity contribution in [3.63, 3.8) is 0 Å². The summed E-state index contributed by atoms with van der Waals surface area (Å²) < 4.78 is 26.7. The molecule has 1 aliphatic carbocycles. The normalized spacial score (nSPS) is 14.4. The van der Waals surface area contributed by atoms with Crippen LogP contribution >= 0.6 is 11.6 Å². The number of benzene rings is 3. The van der Waals surface area contributed by atoms with Crippen LogP contribution < -0.4 is 9.62 Å². The van der Waals surface area contributed by atoms with Crippen LogP contribution in [0.15, 0.2) is 78.9 Å². The van der Waals surface area contributed by atoms with E-state index in [0.717, 1.165) is 42.4 Å². The summed E-state index contributed by atoms with van der Waals surface area (Å²) in [6.07, 6.45) is 5.91. The molecule has 0 aliphatic heterocycles. The third-order valence-corrected chi connectivity index (χ3v) is 9.28. The van der Waals surface area contributed by atoms with Crippen molar-refractivity contribution in [3.05, 3.63) is 101 Å². The zero-order valence-corrected chi connectivity index (χ0v) is 25.9. The largest absolute Gasteiger partial charge is 0.352 e. The Balaban J connectivity index is 1.59. The van der Waals surface area contributed by atoms with Crippen molar-refractivity contribution < 1.29 is 18.0 Å². The lowest BCUT2D eigenvalue weighted by atomic mass is 10.0. The Morgan fingerprint density at radius 3 is 2.33 bits per heavy atom. The molecule has 0 bridgehead atoms. The van der Waals surface area contributed by atoms with Crippen LogP contribution in [0.2, 0.25) is 5.02 Å². The maximum absolute atomic E-state index is 14.0. The number of carbonyl (C=O) groups is 2. The van der Waals surface area contributed by atoms with Crippen LogP contribution in [0.3, 0.4) is 0 Å². The Labute approximate surface area is 254 Å². The highest BCUT2D eigenvalue weighted by atomic mass is 35.5. The van der Waals surface area contributed by atoms with E-state index in [1.54, 1.807) is 17.0 Å². The SMILES string of the molecule is Cc1cccc(N(CCCC(=O)N(Cc2ccccc2Cl)[C@H](Cc2ccccc2)C(=O)NC2CCCC2)S(C)(=O)=O)c1. The molecule has 42 heavy (non-hydrogen) atoms. The zero-order chi connectivity index (χ0) is 30.1. The van der Waals surface area contributed by atoms with Crippen molar-refractivity contribution in [3.8, 4) is 0 Å². The molecule has 0 saturated heterocycles. The lowest BCUT2D eigenvalue weighted by Gasteiger charge is -2.33. The summed E-state index contributed by atoms with van der Waals surface area (Å²) in [5, 5.41) is 3.72. The van der Waals surface area contributed by atoms with E-state index in [1.165, 1.54) is 10.6 Å². The molecule has 0 radical (unpaired) electrons. The van der Waals surface area contributed by atoms with Gasteiger partial charge in [0.2, 0.25) is 21.8 Å². The molecule has 0 spiro atoms. The third kappa shape index (κ3) is 8.82. The van der Waals surface area contributed by atoms with Gasteiger partial charge in [0.25, 0.3) is 0 Å². The summed E-state index contributed by atoms with van der Waals surface area (Å²) in [5.74, 6) is -0.404. The van der Waals surface area contributed by atoms with Crippen LogP contribution in [0.25, 0.3) is 0 Å². The van der Waals surface area contributed by atoms with Gasteiger partial charge in [0, 0.05) is 37.0 Å². The average molecular weight is 610 g/mol. The lowest BCUT2D eigenvalue weighted by Crippen LogP contribution is -2.52. The second-order valence-corrected chi connectivity index (χ2v) is 13.4. The minimum absolute atomic E-state index is 0.0737. The second kappa shape index (κ2) is 14.7. The van der Waals surface area contributed by atoms with Gasteiger partial charge in [-0.25, -0.2) is 8.42 Å². The molecule has 224 valence electrons. The molecule has 9 heteroatoms. The summed E-state index contributed by atoms with van der Waals surface area (Å²) in [5.41, 5.74) is 3.21. The van der Waals surface area contributed by atoms with Crippen LogP contribution in [-0.4, -0.2) is 50.0 Å². The number of hydrogen-bond acceptors (Lipinski definition) is 4. The number of anilines is 1. The fourth-order valence-electron chi connectivity index (χ4n) is 5.52. The highest BCUT2D eigenvalue weighted by Crippen LogP contribution is 2.24. The van der Waals surface area contributed by atoms with Crippen molar-refractivity contribution in [1.82, 2.24) is 10.2 Å². The first-order chi connectivity index (χ1) is 20.1. The second-order valence-electron chi connectivity index (χ2n) is 11.1. The number of carbonyl (C=O) groups excluding carboxylic acids is 2. The Kier molecular flexibility index (Phi) is 11.0. The topological polar surface area (TPSA) is 86.8 Å². The summed E-state index contributed by atoms with van der Waals surface area (Å²) in [4.78, 5) is 29.4. The van der Waals surface area contributed by atoms with E-state index in [2.05, 4.69) is 5.32 Å². The molecule has 1 aliphatic rings. The standard InChI is InChI=1S/C33H40ClN3O4S/c1-25-12-10-18-29(22-25)37(42(2,40)41)21-11-20-32(38)36(24-27-15-6-9-19-30(27)34)31(23-26-13-4-3-5-14-26)33(39)35-28-16-7-8-17-28/h3-6,9-10,12-15,18-19,22,28,31H,7-8,11,16-17,20-21,23-24H2,1-2H3,(H,35,39)/t31-/m1/s1. The number of amides is 2.